The predicted octanol–water partition coefficient (Wildman–Crippen LogP) is 3.23. The van der Waals surface area contributed by atoms with Gasteiger partial charge in [-0.3, -0.25) is 4.79 Å². The zero-order chi connectivity index (χ0) is 18.9. The fraction of sp³-hybridized carbons (Fsp3) is 0.500. The second kappa shape index (κ2) is 7.41. The van der Waals surface area contributed by atoms with Gasteiger partial charge in [0.25, 0.3) is 0 Å². The van der Waals surface area contributed by atoms with Crippen LogP contribution in [-0.2, 0) is 11.2 Å². The molecule has 3 aliphatic rings. The molecule has 0 radical (unpaired) electrons. The number of benzene rings is 1. The van der Waals surface area contributed by atoms with Crippen molar-refractivity contribution in [1.82, 2.24) is 14.9 Å². The Hall–Kier alpha value is -2.63. The lowest BCUT2D eigenvalue weighted by Crippen LogP contribution is -2.42. The van der Waals surface area contributed by atoms with Crippen molar-refractivity contribution in [2.75, 3.05) is 36.4 Å². The molecule has 5 rings (SSSR count). The number of likely N-dealkylation sites (tertiary alicyclic amines) is 1. The number of hydrogen-bond donors (Lipinski definition) is 1. The van der Waals surface area contributed by atoms with E-state index in [-0.39, 0.29) is 0 Å². The number of piperidine rings is 1. The van der Waals surface area contributed by atoms with Gasteiger partial charge in [0.2, 0.25) is 11.9 Å². The smallest absolute Gasteiger partial charge is 0.225 e. The number of carbonyl (C=O) groups excluding carboxylic acids is 1. The quantitative estimate of drug-likeness (QED) is 0.867. The van der Waals surface area contributed by atoms with Crippen LogP contribution < -0.4 is 10.2 Å². The Kier molecular flexibility index (Phi) is 4.63. The number of para-hydroxylation sites is 1. The molecule has 146 valence electrons. The maximum absolute atomic E-state index is 12.3. The number of nitrogens with zero attached hydrogens (tertiary/aromatic N) is 4. The lowest BCUT2D eigenvalue weighted by Gasteiger charge is -2.33. The van der Waals surface area contributed by atoms with E-state index in [9.17, 15) is 4.79 Å². The molecule has 1 aliphatic carbocycles. The van der Waals surface area contributed by atoms with Crippen LogP contribution in [0.3, 0.4) is 0 Å². The van der Waals surface area contributed by atoms with E-state index in [2.05, 4.69) is 44.4 Å². The van der Waals surface area contributed by atoms with Crippen molar-refractivity contribution in [2.24, 2.45) is 11.8 Å². The Labute approximate surface area is 166 Å². The van der Waals surface area contributed by atoms with Crippen LogP contribution in [-0.4, -0.2) is 47.0 Å². The van der Waals surface area contributed by atoms with E-state index in [4.69, 9.17) is 4.98 Å². The summed E-state index contributed by atoms with van der Waals surface area (Å²) in [5.74, 6) is 1.88. The molecular weight excluding hydrogens is 350 g/mol. The Bertz CT molecular complexity index is 851. The zero-order valence-electron chi connectivity index (χ0n) is 16.2. The number of amides is 1. The Morgan fingerprint density at radius 3 is 2.82 bits per heavy atom. The van der Waals surface area contributed by atoms with Crippen molar-refractivity contribution in [1.29, 1.82) is 0 Å². The molecule has 2 aliphatic heterocycles. The van der Waals surface area contributed by atoms with E-state index in [0.717, 1.165) is 69.7 Å². The first kappa shape index (κ1) is 17.5. The monoisotopic (exact) mass is 377 g/mol. The maximum Gasteiger partial charge on any atom is 0.225 e. The van der Waals surface area contributed by atoms with Gasteiger partial charge < -0.3 is 15.1 Å². The molecule has 0 unspecified atom stereocenters. The first-order valence-corrected chi connectivity index (χ1v) is 10.5. The van der Waals surface area contributed by atoms with Gasteiger partial charge >= 0.3 is 0 Å². The third kappa shape index (κ3) is 3.55. The number of nitrogens with one attached hydrogen (secondary N) is 1. The molecule has 0 bridgehead atoms. The summed E-state index contributed by atoms with van der Waals surface area (Å²) >= 11 is 0. The van der Waals surface area contributed by atoms with E-state index < -0.39 is 0 Å². The molecule has 1 aromatic carbocycles. The summed E-state index contributed by atoms with van der Waals surface area (Å²) < 4.78 is 0. The van der Waals surface area contributed by atoms with Crippen LogP contribution in [0.1, 0.15) is 31.4 Å². The van der Waals surface area contributed by atoms with E-state index in [0.29, 0.717) is 23.7 Å². The molecule has 2 fully saturated rings. The Balaban J connectivity index is 1.21. The zero-order valence-corrected chi connectivity index (χ0v) is 16.2. The third-order valence-electron chi connectivity index (χ3n) is 6.08. The molecule has 1 amide bonds. The van der Waals surface area contributed by atoms with Crippen molar-refractivity contribution in [3.8, 4) is 0 Å². The molecule has 1 saturated carbocycles. The van der Waals surface area contributed by atoms with E-state index >= 15 is 0 Å². The molecule has 1 aromatic heterocycles. The third-order valence-corrected chi connectivity index (χ3v) is 6.08. The minimum Gasteiger partial charge on any atom is -0.354 e. The topological polar surface area (TPSA) is 61.4 Å². The maximum atomic E-state index is 12.3. The minimum atomic E-state index is 0.319. The van der Waals surface area contributed by atoms with Crippen LogP contribution in [0.25, 0.3) is 0 Å². The fourth-order valence-electron chi connectivity index (χ4n) is 4.38. The molecule has 0 spiro atoms. The largest absolute Gasteiger partial charge is 0.354 e. The number of anilines is 3. The Morgan fingerprint density at radius 2 is 2.00 bits per heavy atom. The normalized spacial score (nSPS) is 21.5. The predicted molar refractivity (Wildman–Crippen MR) is 110 cm³/mol. The summed E-state index contributed by atoms with van der Waals surface area (Å²) in [5, 5.41) is 3.42. The van der Waals surface area contributed by atoms with E-state index in [1.807, 2.05) is 12.3 Å². The number of carbonyl (C=O) groups is 1. The molecule has 1 N–H and O–H groups in total. The molecule has 1 saturated heterocycles. The van der Waals surface area contributed by atoms with Gasteiger partial charge in [-0.2, -0.15) is 0 Å². The van der Waals surface area contributed by atoms with Gasteiger partial charge in [0.15, 0.2) is 0 Å². The number of rotatable bonds is 5. The van der Waals surface area contributed by atoms with E-state index in [1.165, 1.54) is 5.69 Å². The van der Waals surface area contributed by atoms with Crippen LogP contribution in [0.2, 0.25) is 0 Å². The average molecular weight is 377 g/mol. The highest BCUT2D eigenvalue weighted by molar-refractivity contribution is 5.81. The average Bonchev–Trinajstić information content (AvgIpc) is 3.52. The highest BCUT2D eigenvalue weighted by Gasteiger charge is 2.35. The van der Waals surface area contributed by atoms with Gasteiger partial charge in [-0.05, 0) is 43.7 Å². The lowest BCUT2D eigenvalue weighted by atomic mass is 9.97. The fourth-order valence-corrected chi connectivity index (χ4v) is 4.38. The molecule has 1 atom stereocenters. The number of aromatic nitrogens is 2. The van der Waals surface area contributed by atoms with Gasteiger partial charge in [-0.15, -0.1) is 0 Å². The van der Waals surface area contributed by atoms with Crippen molar-refractivity contribution >= 4 is 23.2 Å². The second-order valence-electron chi connectivity index (χ2n) is 8.21. The van der Waals surface area contributed by atoms with Crippen molar-refractivity contribution < 1.29 is 4.79 Å². The lowest BCUT2D eigenvalue weighted by molar-refractivity contribution is -0.134. The minimum absolute atomic E-state index is 0.319. The SMILES string of the molecule is O=C(C1CC1)N1CCC[C@@H](CNc2ncc3c(n2)CCN3c2ccccc2)C1. The molecule has 6 heteroatoms. The van der Waals surface area contributed by atoms with Crippen molar-refractivity contribution in [3.05, 3.63) is 42.2 Å². The van der Waals surface area contributed by atoms with Gasteiger partial charge in [-0.25, -0.2) is 9.97 Å². The second-order valence-corrected chi connectivity index (χ2v) is 8.21. The van der Waals surface area contributed by atoms with Crippen LogP contribution >= 0.6 is 0 Å². The van der Waals surface area contributed by atoms with Crippen molar-refractivity contribution in [3.63, 3.8) is 0 Å². The van der Waals surface area contributed by atoms with Gasteiger partial charge in [0.1, 0.15) is 0 Å². The summed E-state index contributed by atoms with van der Waals surface area (Å²) in [6, 6.07) is 10.4. The number of fused-ring (bicyclic) bond motifs is 1. The van der Waals surface area contributed by atoms with Crippen LogP contribution in [0.15, 0.2) is 36.5 Å². The highest BCUT2D eigenvalue weighted by Crippen LogP contribution is 2.34. The molecule has 3 heterocycles. The summed E-state index contributed by atoms with van der Waals surface area (Å²) in [7, 11) is 0. The van der Waals surface area contributed by atoms with Crippen LogP contribution in [0.4, 0.5) is 17.3 Å². The summed E-state index contributed by atoms with van der Waals surface area (Å²) in [6.07, 6.45) is 7.31. The van der Waals surface area contributed by atoms with Crippen molar-refractivity contribution in [2.45, 2.75) is 32.1 Å². The molecule has 2 aromatic rings. The highest BCUT2D eigenvalue weighted by atomic mass is 16.2. The molecular formula is C22H27N5O. The van der Waals surface area contributed by atoms with Crippen LogP contribution in [0, 0.1) is 11.8 Å². The molecule has 28 heavy (non-hydrogen) atoms. The first-order chi connectivity index (χ1) is 13.8. The van der Waals surface area contributed by atoms with Gasteiger partial charge in [-0.1, -0.05) is 18.2 Å². The first-order valence-electron chi connectivity index (χ1n) is 10.5. The molecule has 6 nitrogen and oxygen atoms in total. The summed E-state index contributed by atoms with van der Waals surface area (Å²) in [6.45, 7) is 3.57. The Morgan fingerprint density at radius 1 is 1.14 bits per heavy atom. The van der Waals surface area contributed by atoms with E-state index in [1.54, 1.807) is 0 Å². The summed E-state index contributed by atoms with van der Waals surface area (Å²) in [4.78, 5) is 26.0. The van der Waals surface area contributed by atoms with Gasteiger partial charge in [0, 0.05) is 44.2 Å². The standard InChI is InChI=1S/C22H27N5O/c28-21(17-8-9-17)26-11-4-5-16(15-26)13-23-22-24-14-20-19(25-22)10-12-27(20)18-6-2-1-3-7-18/h1-3,6-7,14,16-17H,4-5,8-13,15H2,(H,23,24,25)/t16-/m0/s1. The number of hydrogen-bond acceptors (Lipinski definition) is 5. The van der Waals surface area contributed by atoms with Gasteiger partial charge in [0.05, 0.1) is 17.6 Å². The van der Waals surface area contributed by atoms with Crippen LogP contribution in [0.5, 0.6) is 0 Å². The summed E-state index contributed by atoms with van der Waals surface area (Å²) in [5.41, 5.74) is 3.40.